The Morgan fingerprint density at radius 2 is 2.20 bits per heavy atom. The highest BCUT2D eigenvalue weighted by Gasteiger charge is 2.46. The van der Waals surface area contributed by atoms with E-state index in [1.165, 1.54) is 23.0 Å². The highest BCUT2D eigenvalue weighted by molar-refractivity contribution is 7.97. The molecule has 9 heteroatoms. The summed E-state index contributed by atoms with van der Waals surface area (Å²) in [6.45, 7) is 0.0707. The van der Waals surface area contributed by atoms with Gasteiger partial charge in [-0.15, -0.1) is 0 Å². The highest BCUT2D eigenvalue weighted by atomic mass is 32.2. The Hall–Kier alpha value is -2.99. The van der Waals surface area contributed by atoms with Gasteiger partial charge in [0, 0.05) is 11.8 Å². The summed E-state index contributed by atoms with van der Waals surface area (Å²) in [4.78, 5) is 37.5. The topological polar surface area (TPSA) is 99.9 Å². The Morgan fingerprint density at radius 1 is 1.40 bits per heavy atom. The third kappa shape index (κ3) is 2.51. The van der Waals surface area contributed by atoms with E-state index in [0.717, 1.165) is 0 Å². The fourth-order valence-electron chi connectivity index (χ4n) is 2.81. The van der Waals surface area contributed by atoms with Crippen molar-refractivity contribution in [2.24, 2.45) is 0 Å². The minimum Gasteiger partial charge on any atom is -0.417 e. The molecule has 0 spiro atoms. The van der Waals surface area contributed by atoms with Crippen molar-refractivity contribution in [3.8, 4) is 6.07 Å². The molecule has 0 radical (unpaired) electrons. The van der Waals surface area contributed by atoms with E-state index in [-0.39, 0.29) is 23.5 Å². The van der Waals surface area contributed by atoms with Crippen LogP contribution >= 0.6 is 11.9 Å². The summed E-state index contributed by atoms with van der Waals surface area (Å²) in [5.74, 6) is -1.54. The monoisotopic (exact) mass is 357 g/mol. The molecule has 1 aromatic carbocycles. The van der Waals surface area contributed by atoms with E-state index in [4.69, 9.17) is 14.7 Å². The molecule has 4 rings (SSSR count). The first-order valence-corrected chi connectivity index (χ1v) is 8.27. The van der Waals surface area contributed by atoms with Gasteiger partial charge in [0.2, 0.25) is 5.91 Å². The number of carbonyl (C=O) groups excluding carboxylic acids is 3. The molecule has 1 saturated heterocycles. The van der Waals surface area contributed by atoms with Gasteiger partial charge in [-0.25, -0.2) is 9.59 Å². The maximum Gasteiger partial charge on any atom is 0.360 e. The van der Waals surface area contributed by atoms with Gasteiger partial charge in [-0.2, -0.15) is 5.26 Å². The van der Waals surface area contributed by atoms with Crippen molar-refractivity contribution < 1.29 is 23.9 Å². The van der Waals surface area contributed by atoms with Gasteiger partial charge >= 0.3 is 11.9 Å². The molecule has 25 heavy (non-hydrogen) atoms. The number of ether oxygens (including phenoxy) is 2. The second-order valence-electron chi connectivity index (χ2n) is 5.51. The minimum atomic E-state index is -1.15. The van der Waals surface area contributed by atoms with Crippen LogP contribution in [0.3, 0.4) is 0 Å². The molecule has 1 aromatic rings. The normalized spacial score (nSPS) is 23.7. The lowest BCUT2D eigenvalue weighted by molar-refractivity contribution is -0.168. The molecular weight excluding hydrogens is 346 g/mol. The predicted molar refractivity (Wildman–Crippen MR) is 83.9 cm³/mol. The van der Waals surface area contributed by atoms with Crippen LogP contribution in [0.1, 0.15) is 28.6 Å². The molecule has 8 nitrogen and oxygen atoms in total. The Kier molecular flexibility index (Phi) is 3.62. The lowest BCUT2D eigenvalue weighted by atomic mass is 10.1. The number of hydrogen-bond acceptors (Lipinski definition) is 8. The molecule has 0 N–H and O–H groups in total. The lowest BCUT2D eigenvalue weighted by Gasteiger charge is -2.45. The van der Waals surface area contributed by atoms with Crippen LogP contribution in [0.5, 0.6) is 0 Å². The number of β-lactam (4-membered cyclic amide) rings is 1. The van der Waals surface area contributed by atoms with Gasteiger partial charge in [-0.3, -0.25) is 9.69 Å². The molecule has 2 atom stereocenters. The zero-order valence-electron chi connectivity index (χ0n) is 12.7. The summed E-state index contributed by atoms with van der Waals surface area (Å²) in [6, 6.07) is 8.62. The second kappa shape index (κ2) is 5.82. The first-order valence-electron chi connectivity index (χ1n) is 7.43. The third-order valence-corrected chi connectivity index (χ3v) is 5.11. The highest BCUT2D eigenvalue weighted by Crippen LogP contribution is 2.41. The smallest absolute Gasteiger partial charge is 0.360 e. The summed E-state index contributed by atoms with van der Waals surface area (Å²) in [6.07, 6.45) is 0.552. The number of fused-ring (bicyclic) bond motifs is 2. The van der Waals surface area contributed by atoms with Crippen molar-refractivity contribution in [2.75, 3.05) is 6.54 Å². The molecule has 0 bridgehead atoms. The molecular formula is C16H11N3O5S. The first kappa shape index (κ1) is 15.5. The molecule has 126 valence electrons. The molecule has 1 amide bonds. The first-order chi connectivity index (χ1) is 12.1. The average molecular weight is 357 g/mol. The van der Waals surface area contributed by atoms with Crippen LogP contribution in [0, 0.1) is 11.3 Å². The molecule has 3 aliphatic heterocycles. The predicted octanol–water partition coefficient (Wildman–Crippen LogP) is 1.29. The van der Waals surface area contributed by atoms with Crippen LogP contribution < -0.4 is 0 Å². The Bertz CT molecular complexity index is 862. The van der Waals surface area contributed by atoms with Crippen molar-refractivity contribution in [2.45, 2.75) is 18.1 Å². The van der Waals surface area contributed by atoms with E-state index in [0.29, 0.717) is 17.5 Å². The number of cyclic esters (lactones) is 1. The van der Waals surface area contributed by atoms with Gasteiger partial charge in [-0.1, -0.05) is 18.2 Å². The van der Waals surface area contributed by atoms with Crippen LogP contribution in [-0.2, 0) is 19.1 Å². The zero-order valence-corrected chi connectivity index (χ0v) is 13.6. The van der Waals surface area contributed by atoms with Crippen molar-refractivity contribution in [3.05, 3.63) is 47.3 Å². The van der Waals surface area contributed by atoms with Crippen LogP contribution in [0.2, 0.25) is 0 Å². The molecule has 0 aromatic heterocycles. The number of hydrogen-bond donors (Lipinski definition) is 0. The van der Waals surface area contributed by atoms with E-state index in [1.54, 1.807) is 28.6 Å². The molecule has 1 unspecified atom stereocenters. The Balaban J connectivity index is 1.57. The number of benzene rings is 1. The summed E-state index contributed by atoms with van der Waals surface area (Å²) in [7, 11) is 0. The summed E-state index contributed by atoms with van der Waals surface area (Å²) >= 11 is 1.31. The standard InChI is InChI=1S/C16H11N3O5S/c17-5-6-18-8-11(19-12(20)7-13(19)25-18)15(22)24-16-10-4-2-1-3-9(10)14(21)23-16/h1-4,8,13,16H,6-7H2/t13-,16?/m0/s1. The lowest BCUT2D eigenvalue weighted by Crippen LogP contribution is -2.55. The Labute approximate surface area is 146 Å². The average Bonchev–Trinajstić information content (AvgIpc) is 2.90. The Morgan fingerprint density at radius 3 is 2.96 bits per heavy atom. The summed E-state index contributed by atoms with van der Waals surface area (Å²) in [5.41, 5.74) is 0.847. The largest absolute Gasteiger partial charge is 0.417 e. The van der Waals surface area contributed by atoms with Gasteiger partial charge in [0.25, 0.3) is 6.29 Å². The summed E-state index contributed by atoms with van der Waals surface area (Å²) < 4.78 is 12.0. The molecule has 3 heterocycles. The second-order valence-corrected chi connectivity index (χ2v) is 6.73. The number of nitriles is 1. The van der Waals surface area contributed by atoms with Crippen LogP contribution in [0.15, 0.2) is 36.2 Å². The number of rotatable bonds is 3. The van der Waals surface area contributed by atoms with E-state index in [9.17, 15) is 14.4 Å². The van der Waals surface area contributed by atoms with Gasteiger partial charge in [-0.05, 0) is 18.0 Å². The number of carbonyl (C=O) groups is 3. The van der Waals surface area contributed by atoms with Crippen LogP contribution in [-0.4, -0.2) is 39.0 Å². The van der Waals surface area contributed by atoms with Crippen molar-refractivity contribution in [1.29, 1.82) is 5.26 Å². The van der Waals surface area contributed by atoms with E-state index in [2.05, 4.69) is 0 Å². The van der Waals surface area contributed by atoms with Crippen molar-refractivity contribution in [3.63, 3.8) is 0 Å². The number of amides is 1. The summed E-state index contributed by atoms with van der Waals surface area (Å²) in [5, 5.41) is 8.62. The number of nitrogens with zero attached hydrogens (tertiary/aromatic N) is 3. The third-order valence-electron chi connectivity index (χ3n) is 3.99. The maximum atomic E-state index is 12.6. The van der Waals surface area contributed by atoms with Gasteiger partial charge in [0.1, 0.15) is 17.6 Å². The van der Waals surface area contributed by atoms with E-state index >= 15 is 0 Å². The van der Waals surface area contributed by atoms with E-state index < -0.39 is 18.2 Å². The molecule has 0 saturated carbocycles. The van der Waals surface area contributed by atoms with Crippen LogP contribution in [0.4, 0.5) is 0 Å². The fourth-order valence-corrected chi connectivity index (χ4v) is 3.96. The number of esters is 2. The van der Waals surface area contributed by atoms with Crippen molar-refractivity contribution >= 4 is 29.8 Å². The molecule has 3 aliphatic rings. The molecule has 0 aliphatic carbocycles. The van der Waals surface area contributed by atoms with E-state index in [1.807, 2.05) is 6.07 Å². The zero-order chi connectivity index (χ0) is 17.6. The van der Waals surface area contributed by atoms with Gasteiger partial charge < -0.3 is 13.8 Å². The fraction of sp³-hybridized carbons (Fsp3) is 0.250. The van der Waals surface area contributed by atoms with Crippen LogP contribution in [0.25, 0.3) is 0 Å². The van der Waals surface area contributed by atoms with Gasteiger partial charge in [0.05, 0.1) is 18.1 Å². The van der Waals surface area contributed by atoms with Crippen molar-refractivity contribution in [1.82, 2.24) is 9.21 Å². The molecule has 1 fully saturated rings. The quantitative estimate of drug-likeness (QED) is 0.345. The SMILES string of the molecule is N#CCN1C=C(C(=O)OC2OC(=O)c3ccccc32)N2C(=O)C[C@@H]2S1. The minimum absolute atomic E-state index is 0.0377. The van der Waals surface area contributed by atoms with Gasteiger partial charge in [0.15, 0.2) is 0 Å². The maximum absolute atomic E-state index is 12.6.